The average molecular weight is 370 g/mol. The Hall–Kier alpha value is -2.41. The predicted octanol–water partition coefficient (Wildman–Crippen LogP) is 3.97. The van der Waals surface area contributed by atoms with Crippen LogP contribution < -0.4 is 10.2 Å². The van der Waals surface area contributed by atoms with E-state index in [-0.39, 0.29) is 11.9 Å². The Labute approximate surface area is 156 Å². The second kappa shape index (κ2) is 7.45. The van der Waals surface area contributed by atoms with Crippen molar-refractivity contribution in [2.45, 2.75) is 38.1 Å². The van der Waals surface area contributed by atoms with Crippen LogP contribution >= 0.6 is 11.3 Å². The molecule has 1 N–H and O–H groups in total. The summed E-state index contributed by atoms with van der Waals surface area (Å²) in [5.41, 5.74) is 1.26. The second-order valence-corrected chi connectivity index (χ2v) is 7.57. The van der Waals surface area contributed by atoms with Crippen LogP contribution in [0.15, 0.2) is 35.2 Å². The number of carbonyl (C=O) groups is 2. The van der Waals surface area contributed by atoms with Crippen LogP contribution in [0.1, 0.15) is 42.5 Å². The van der Waals surface area contributed by atoms with Crippen LogP contribution in [0.5, 0.6) is 0 Å². The lowest BCUT2D eigenvalue weighted by Gasteiger charge is -2.30. The van der Waals surface area contributed by atoms with E-state index in [1.807, 2.05) is 10.3 Å². The molecule has 1 saturated carbocycles. The summed E-state index contributed by atoms with van der Waals surface area (Å²) in [4.78, 5) is 33.0. The minimum absolute atomic E-state index is 0.0551. The number of hydrogen-bond acceptors (Lipinski definition) is 4. The fourth-order valence-electron chi connectivity index (χ4n) is 3.71. The van der Waals surface area contributed by atoms with E-state index in [0.717, 1.165) is 19.4 Å². The molecule has 2 aliphatic rings. The fraction of sp³-hybridized carbons (Fsp3) is 0.421. The predicted molar refractivity (Wildman–Crippen MR) is 103 cm³/mol. The van der Waals surface area contributed by atoms with Crippen molar-refractivity contribution in [3.8, 4) is 0 Å². The maximum Gasteiger partial charge on any atom is 0.326 e. The second-order valence-electron chi connectivity index (χ2n) is 6.79. The zero-order valence-electron chi connectivity index (χ0n) is 14.6. The first-order valence-corrected chi connectivity index (χ1v) is 10.0. The molecule has 6 nitrogen and oxygen atoms in total. The quantitative estimate of drug-likeness (QED) is 0.886. The number of anilines is 2. The first kappa shape index (κ1) is 17.0. The molecule has 0 aromatic carbocycles. The number of nitrogens with one attached hydrogen (secondary N) is 1. The van der Waals surface area contributed by atoms with Crippen LogP contribution in [0.25, 0.3) is 0 Å². The first-order valence-electron chi connectivity index (χ1n) is 9.10. The van der Waals surface area contributed by atoms with Gasteiger partial charge in [0.2, 0.25) is 0 Å². The highest BCUT2D eigenvalue weighted by Crippen LogP contribution is 2.27. The molecule has 0 spiro atoms. The molecule has 0 atom stereocenters. The smallest absolute Gasteiger partial charge is 0.321 e. The monoisotopic (exact) mass is 370 g/mol. The van der Waals surface area contributed by atoms with Crippen molar-refractivity contribution < 1.29 is 9.59 Å². The van der Waals surface area contributed by atoms with E-state index in [1.54, 1.807) is 34.7 Å². The molecule has 4 rings (SSSR count). The normalized spacial score (nSPS) is 18.4. The molecule has 0 bridgehead atoms. The number of aromatic nitrogens is 1. The van der Waals surface area contributed by atoms with Crippen LogP contribution in [0.3, 0.4) is 0 Å². The van der Waals surface area contributed by atoms with Gasteiger partial charge in [-0.25, -0.2) is 9.78 Å². The van der Waals surface area contributed by atoms with Gasteiger partial charge in [-0.05, 0) is 36.4 Å². The highest BCUT2D eigenvalue weighted by atomic mass is 32.1. The Bertz CT molecular complexity index is 769. The number of rotatable bonds is 4. The van der Waals surface area contributed by atoms with Gasteiger partial charge in [-0.1, -0.05) is 19.3 Å². The van der Waals surface area contributed by atoms with Gasteiger partial charge in [0.15, 0.2) is 0 Å². The van der Waals surface area contributed by atoms with E-state index in [4.69, 9.17) is 0 Å². The van der Waals surface area contributed by atoms with Gasteiger partial charge in [-0.15, -0.1) is 0 Å². The summed E-state index contributed by atoms with van der Waals surface area (Å²) in [6, 6.07) is 5.81. The van der Waals surface area contributed by atoms with Gasteiger partial charge in [0, 0.05) is 24.5 Å². The Balaban J connectivity index is 1.40. The largest absolute Gasteiger partial charge is 0.326 e. The van der Waals surface area contributed by atoms with Crippen LogP contribution in [0.2, 0.25) is 0 Å². The molecule has 1 saturated heterocycles. The third-order valence-electron chi connectivity index (χ3n) is 5.12. The lowest BCUT2D eigenvalue weighted by atomic mass is 9.94. The van der Waals surface area contributed by atoms with Crippen LogP contribution in [0, 0.1) is 0 Å². The average Bonchev–Trinajstić information content (AvgIpc) is 3.33. The van der Waals surface area contributed by atoms with E-state index in [1.165, 1.54) is 30.6 Å². The van der Waals surface area contributed by atoms with Crippen LogP contribution in [-0.4, -0.2) is 41.0 Å². The lowest BCUT2D eigenvalue weighted by molar-refractivity contribution is 0.102. The third kappa shape index (κ3) is 3.44. The topological polar surface area (TPSA) is 65.5 Å². The van der Waals surface area contributed by atoms with Crippen molar-refractivity contribution in [1.29, 1.82) is 0 Å². The summed E-state index contributed by atoms with van der Waals surface area (Å²) >= 11 is 1.48. The minimum Gasteiger partial charge on any atom is -0.321 e. The van der Waals surface area contributed by atoms with Crippen molar-refractivity contribution in [3.63, 3.8) is 0 Å². The molecule has 0 radical (unpaired) electrons. The summed E-state index contributed by atoms with van der Waals surface area (Å²) in [5, 5.41) is 6.50. The van der Waals surface area contributed by atoms with E-state index in [9.17, 15) is 9.59 Å². The summed E-state index contributed by atoms with van der Waals surface area (Å²) in [5.74, 6) is 0.489. The SMILES string of the molecule is O=C(Nc1ccc(N2CCN(C3CCCCC3)C2=O)nc1)c1ccsc1. The molecule has 3 heterocycles. The van der Waals surface area contributed by atoms with E-state index >= 15 is 0 Å². The number of pyridine rings is 1. The van der Waals surface area contributed by atoms with Crippen molar-refractivity contribution in [2.75, 3.05) is 23.3 Å². The number of nitrogens with zero attached hydrogens (tertiary/aromatic N) is 3. The van der Waals surface area contributed by atoms with E-state index < -0.39 is 0 Å². The highest BCUT2D eigenvalue weighted by molar-refractivity contribution is 7.08. The molecule has 26 heavy (non-hydrogen) atoms. The summed E-state index contributed by atoms with van der Waals surface area (Å²) in [6.45, 7) is 1.44. The molecule has 3 amide bonds. The number of hydrogen-bond donors (Lipinski definition) is 1. The van der Waals surface area contributed by atoms with Crippen molar-refractivity contribution in [2.24, 2.45) is 0 Å². The summed E-state index contributed by atoms with van der Waals surface area (Å²) in [6.07, 6.45) is 7.54. The van der Waals surface area contributed by atoms with Crippen molar-refractivity contribution in [1.82, 2.24) is 9.88 Å². The summed E-state index contributed by atoms with van der Waals surface area (Å²) in [7, 11) is 0. The minimum atomic E-state index is -0.151. The molecule has 7 heteroatoms. The molecule has 0 unspecified atom stereocenters. The molecule has 136 valence electrons. The van der Waals surface area contributed by atoms with Crippen molar-refractivity contribution >= 4 is 34.8 Å². The Morgan fingerprint density at radius 2 is 2.00 bits per heavy atom. The fourth-order valence-corrected chi connectivity index (χ4v) is 4.35. The molecule has 1 aliphatic carbocycles. The molecule has 2 fully saturated rings. The van der Waals surface area contributed by atoms with Gasteiger partial charge in [-0.3, -0.25) is 9.69 Å². The van der Waals surface area contributed by atoms with Gasteiger partial charge in [0.05, 0.1) is 17.4 Å². The van der Waals surface area contributed by atoms with Crippen LogP contribution in [0.4, 0.5) is 16.3 Å². The molecular formula is C19H22N4O2S. The van der Waals surface area contributed by atoms with Gasteiger partial charge in [-0.2, -0.15) is 11.3 Å². The number of carbonyl (C=O) groups excluding carboxylic acids is 2. The third-order valence-corrected chi connectivity index (χ3v) is 5.81. The maximum absolute atomic E-state index is 12.8. The van der Waals surface area contributed by atoms with Crippen molar-refractivity contribution in [3.05, 3.63) is 40.7 Å². The summed E-state index contributed by atoms with van der Waals surface area (Å²) < 4.78 is 0. The van der Waals surface area contributed by atoms with Gasteiger partial charge < -0.3 is 10.2 Å². The lowest BCUT2D eigenvalue weighted by Crippen LogP contribution is -2.40. The number of amides is 3. The van der Waals surface area contributed by atoms with Gasteiger partial charge in [0.25, 0.3) is 5.91 Å². The van der Waals surface area contributed by atoms with Gasteiger partial charge >= 0.3 is 6.03 Å². The van der Waals surface area contributed by atoms with Crippen LogP contribution in [-0.2, 0) is 0 Å². The molecule has 1 aliphatic heterocycles. The number of urea groups is 1. The zero-order valence-corrected chi connectivity index (χ0v) is 15.4. The molecular weight excluding hydrogens is 348 g/mol. The zero-order chi connectivity index (χ0) is 17.9. The Kier molecular flexibility index (Phi) is 4.88. The highest BCUT2D eigenvalue weighted by Gasteiger charge is 2.35. The maximum atomic E-state index is 12.8. The number of thiophene rings is 1. The van der Waals surface area contributed by atoms with Gasteiger partial charge in [0.1, 0.15) is 5.82 Å². The van der Waals surface area contributed by atoms with E-state index in [2.05, 4.69) is 10.3 Å². The molecule has 2 aromatic heterocycles. The Morgan fingerprint density at radius 3 is 2.69 bits per heavy atom. The first-order chi connectivity index (χ1) is 12.7. The Morgan fingerprint density at radius 1 is 1.15 bits per heavy atom. The standard InChI is InChI=1S/C19H22N4O2S/c24-18(14-8-11-26-13-14)21-15-6-7-17(20-12-15)23-10-9-22(19(23)25)16-4-2-1-3-5-16/h6-8,11-13,16H,1-5,9-10H2,(H,21,24). The van der Waals surface area contributed by atoms with E-state index in [0.29, 0.717) is 29.7 Å². The molecule has 2 aromatic rings.